The van der Waals surface area contributed by atoms with Crippen LogP contribution < -0.4 is 10.9 Å². The Bertz CT molecular complexity index is 671. The molecule has 0 saturated carbocycles. The molecule has 0 bridgehead atoms. The fourth-order valence-electron chi connectivity index (χ4n) is 1.88. The maximum Gasteiger partial charge on any atom is 0.250 e. The van der Waals surface area contributed by atoms with Crippen molar-refractivity contribution in [3.05, 3.63) is 62.5 Å². The molecule has 1 aromatic carbocycles. The van der Waals surface area contributed by atoms with Crippen LogP contribution in [0.3, 0.4) is 0 Å². The summed E-state index contributed by atoms with van der Waals surface area (Å²) in [6, 6.07) is 8.77. The van der Waals surface area contributed by atoms with Crippen molar-refractivity contribution >= 4 is 28.9 Å². The molecule has 21 heavy (non-hydrogen) atoms. The third-order valence-corrected chi connectivity index (χ3v) is 3.89. The molecule has 0 radical (unpaired) electrons. The molecule has 1 aromatic heterocycles. The van der Waals surface area contributed by atoms with Gasteiger partial charge in [-0.3, -0.25) is 4.79 Å². The van der Waals surface area contributed by atoms with E-state index in [9.17, 15) is 4.79 Å². The molecule has 1 N–H and O–H groups in total. The number of hydrogen-bond donors (Lipinski definition) is 1. The Balaban J connectivity index is 2.09. The summed E-state index contributed by atoms with van der Waals surface area (Å²) >= 11 is 12.1. The maximum absolute atomic E-state index is 11.7. The highest BCUT2D eigenvalue weighted by Crippen LogP contribution is 2.26. The van der Waals surface area contributed by atoms with Crippen molar-refractivity contribution in [1.29, 1.82) is 0 Å². The van der Waals surface area contributed by atoms with Crippen LogP contribution in [0.1, 0.15) is 5.56 Å². The Kier molecular flexibility index (Phi) is 5.67. The number of nitrogens with one attached hydrogen (secondary N) is 1. The lowest BCUT2D eigenvalue weighted by molar-refractivity contribution is 0.186. The van der Waals surface area contributed by atoms with Crippen LogP contribution in [0.25, 0.3) is 0 Å². The largest absolute Gasteiger partial charge is 0.383 e. The van der Waals surface area contributed by atoms with Crippen LogP contribution in [0.2, 0.25) is 10.0 Å². The SMILES string of the molecule is COCCn1cc(NCc2cccc(Cl)c2Cl)ccc1=O. The van der Waals surface area contributed by atoms with Crippen LogP contribution in [-0.2, 0) is 17.8 Å². The summed E-state index contributed by atoms with van der Waals surface area (Å²) in [6.45, 7) is 1.54. The summed E-state index contributed by atoms with van der Waals surface area (Å²) in [5, 5.41) is 4.30. The highest BCUT2D eigenvalue weighted by molar-refractivity contribution is 6.42. The Labute approximate surface area is 133 Å². The van der Waals surface area contributed by atoms with Crippen LogP contribution in [0, 0.1) is 0 Å². The summed E-state index contributed by atoms with van der Waals surface area (Å²) < 4.78 is 6.59. The molecule has 0 aliphatic carbocycles. The molecule has 0 fully saturated rings. The van der Waals surface area contributed by atoms with E-state index >= 15 is 0 Å². The average Bonchev–Trinajstić information content (AvgIpc) is 2.49. The minimum Gasteiger partial charge on any atom is -0.383 e. The maximum atomic E-state index is 11.7. The summed E-state index contributed by atoms with van der Waals surface area (Å²) in [5.41, 5.74) is 1.68. The molecule has 1 heterocycles. The highest BCUT2D eigenvalue weighted by Gasteiger charge is 2.04. The summed E-state index contributed by atoms with van der Waals surface area (Å²) in [4.78, 5) is 11.7. The second-order valence-corrected chi connectivity index (χ2v) is 5.29. The van der Waals surface area contributed by atoms with E-state index in [0.29, 0.717) is 29.7 Å². The molecule has 4 nitrogen and oxygen atoms in total. The number of nitrogens with zero attached hydrogens (tertiary/aromatic N) is 1. The smallest absolute Gasteiger partial charge is 0.250 e. The summed E-state index contributed by atoms with van der Waals surface area (Å²) in [5.74, 6) is 0. The van der Waals surface area contributed by atoms with Crippen molar-refractivity contribution in [3.8, 4) is 0 Å². The zero-order chi connectivity index (χ0) is 15.2. The van der Waals surface area contributed by atoms with E-state index < -0.39 is 0 Å². The molecule has 2 aromatic rings. The molecule has 2 rings (SSSR count). The number of rotatable bonds is 6. The van der Waals surface area contributed by atoms with Gasteiger partial charge in [0, 0.05) is 32.5 Å². The standard InChI is InChI=1S/C15H16Cl2N2O2/c1-21-8-7-19-10-12(5-6-14(19)20)18-9-11-3-2-4-13(16)15(11)17/h2-6,10,18H,7-9H2,1H3. The summed E-state index contributed by atoms with van der Waals surface area (Å²) in [7, 11) is 1.61. The van der Waals surface area contributed by atoms with Gasteiger partial charge in [-0.1, -0.05) is 35.3 Å². The molecular formula is C15H16Cl2N2O2. The minimum absolute atomic E-state index is 0.0570. The van der Waals surface area contributed by atoms with Gasteiger partial charge in [-0.05, 0) is 17.7 Å². The second-order valence-electron chi connectivity index (χ2n) is 4.51. The first kappa shape index (κ1) is 15.9. The highest BCUT2D eigenvalue weighted by atomic mass is 35.5. The van der Waals surface area contributed by atoms with E-state index in [1.165, 1.54) is 6.07 Å². The predicted molar refractivity (Wildman–Crippen MR) is 86.4 cm³/mol. The number of hydrogen-bond acceptors (Lipinski definition) is 3. The normalized spacial score (nSPS) is 10.6. The van der Waals surface area contributed by atoms with Crippen molar-refractivity contribution in [2.45, 2.75) is 13.1 Å². The van der Waals surface area contributed by atoms with Gasteiger partial charge in [0.1, 0.15) is 0 Å². The lowest BCUT2D eigenvalue weighted by atomic mass is 10.2. The quantitative estimate of drug-likeness (QED) is 0.884. The van der Waals surface area contributed by atoms with Gasteiger partial charge in [-0.25, -0.2) is 0 Å². The fourth-order valence-corrected chi connectivity index (χ4v) is 2.27. The Morgan fingerprint density at radius 3 is 2.81 bits per heavy atom. The van der Waals surface area contributed by atoms with Crippen molar-refractivity contribution in [2.24, 2.45) is 0 Å². The number of pyridine rings is 1. The van der Waals surface area contributed by atoms with E-state index in [1.54, 1.807) is 30.0 Å². The number of methoxy groups -OCH3 is 1. The van der Waals surface area contributed by atoms with Gasteiger partial charge in [0.2, 0.25) is 0 Å². The lowest BCUT2D eigenvalue weighted by Crippen LogP contribution is -2.21. The van der Waals surface area contributed by atoms with Crippen LogP contribution >= 0.6 is 23.2 Å². The molecule has 0 aliphatic rings. The molecule has 0 amide bonds. The third kappa shape index (κ3) is 4.24. The topological polar surface area (TPSA) is 43.3 Å². The van der Waals surface area contributed by atoms with Crippen molar-refractivity contribution < 1.29 is 4.74 Å². The molecular weight excluding hydrogens is 311 g/mol. The number of benzene rings is 1. The van der Waals surface area contributed by atoms with E-state index in [2.05, 4.69) is 5.32 Å². The summed E-state index contributed by atoms with van der Waals surface area (Å²) in [6.07, 6.45) is 1.76. The van der Waals surface area contributed by atoms with E-state index in [4.69, 9.17) is 27.9 Å². The Morgan fingerprint density at radius 2 is 2.05 bits per heavy atom. The van der Waals surface area contributed by atoms with E-state index in [-0.39, 0.29) is 5.56 Å². The third-order valence-electron chi connectivity index (χ3n) is 3.03. The number of aromatic nitrogens is 1. The zero-order valence-corrected chi connectivity index (χ0v) is 13.1. The predicted octanol–water partition coefficient (Wildman–Crippen LogP) is 3.41. The van der Waals surface area contributed by atoms with Gasteiger partial charge < -0.3 is 14.6 Å². The molecule has 0 atom stereocenters. The van der Waals surface area contributed by atoms with Crippen LogP contribution in [0.4, 0.5) is 5.69 Å². The second kappa shape index (κ2) is 7.50. The molecule has 112 valence electrons. The van der Waals surface area contributed by atoms with Crippen molar-refractivity contribution in [1.82, 2.24) is 4.57 Å². The zero-order valence-electron chi connectivity index (χ0n) is 11.6. The van der Waals surface area contributed by atoms with E-state index in [1.807, 2.05) is 12.1 Å². The first-order valence-electron chi connectivity index (χ1n) is 6.48. The average molecular weight is 327 g/mol. The van der Waals surface area contributed by atoms with Gasteiger partial charge in [0.15, 0.2) is 0 Å². The first-order chi connectivity index (χ1) is 10.1. The lowest BCUT2D eigenvalue weighted by Gasteiger charge is -2.11. The molecule has 0 unspecified atom stereocenters. The number of ether oxygens (including phenoxy) is 1. The fraction of sp³-hybridized carbons (Fsp3) is 0.267. The van der Waals surface area contributed by atoms with E-state index in [0.717, 1.165) is 11.3 Å². The molecule has 0 spiro atoms. The van der Waals surface area contributed by atoms with Crippen molar-refractivity contribution in [2.75, 3.05) is 19.0 Å². The van der Waals surface area contributed by atoms with Gasteiger partial charge in [-0.2, -0.15) is 0 Å². The Morgan fingerprint density at radius 1 is 1.24 bits per heavy atom. The van der Waals surface area contributed by atoms with Crippen LogP contribution in [0.15, 0.2) is 41.3 Å². The van der Waals surface area contributed by atoms with Gasteiger partial charge in [0.25, 0.3) is 5.56 Å². The number of anilines is 1. The first-order valence-corrected chi connectivity index (χ1v) is 7.23. The molecule has 0 aliphatic heterocycles. The van der Waals surface area contributed by atoms with Gasteiger partial charge >= 0.3 is 0 Å². The minimum atomic E-state index is -0.0570. The Hall–Kier alpha value is -1.49. The van der Waals surface area contributed by atoms with Crippen LogP contribution in [-0.4, -0.2) is 18.3 Å². The molecule has 6 heteroatoms. The monoisotopic (exact) mass is 326 g/mol. The van der Waals surface area contributed by atoms with Gasteiger partial charge in [0.05, 0.1) is 22.3 Å². The van der Waals surface area contributed by atoms with Crippen LogP contribution in [0.5, 0.6) is 0 Å². The molecule has 0 saturated heterocycles. The van der Waals surface area contributed by atoms with Crippen molar-refractivity contribution in [3.63, 3.8) is 0 Å². The van der Waals surface area contributed by atoms with Gasteiger partial charge in [-0.15, -0.1) is 0 Å². The number of halogens is 2.